The number of aliphatic hydroxyl groups is 2. The lowest BCUT2D eigenvalue weighted by Gasteiger charge is -2.40. The molecular formula is C26H30N2O6. The summed E-state index contributed by atoms with van der Waals surface area (Å²) in [5, 5.41) is 23.3. The molecule has 2 aromatic rings. The molecule has 180 valence electrons. The normalized spacial score (nSPS) is 22.7. The average molecular weight is 467 g/mol. The van der Waals surface area contributed by atoms with E-state index in [2.05, 4.69) is 5.32 Å². The third-order valence-corrected chi connectivity index (χ3v) is 6.18. The third kappa shape index (κ3) is 4.84. The molecule has 3 N–H and O–H groups in total. The first-order valence-electron chi connectivity index (χ1n) is 11.5. The molecule has 4 rings (SSSR count). The summed E-state index contributed by atoms with van der Waals surface area (Å²) in [7, 11) is 0. The molecule has 34 heavy (non-hydrogen) atoms. The van der Waals surface area contributed by atoms with Crippen LogP contribution in [-0.2, 0) is 20.9 Å². The highest BCUT2D eigenvalue weighted by atomic mass is 16.5. The van der Waals surface area contributed by atoms with Gasteiger partial charge in [-0.25, -0.2) is 0 Å². The SMILES string of the molecule is CCOCC(=O)N(Cc1ccccc1)[C@@H]1C=C(C(=O)NCCO)[C@@H]2c3ccccc3O[C@@H]2[C@H]1O. The van der Waals surface area contributed by atoms with Crippen molar-refractivity contribution in [1.82, 2.24) is 10.2 Å². The van der Waals surface area contributed by atoms with E-state index in [1.54, 1.807) is 12.1 Å². The van der Waals surface area contributed by atoms with Gasteiger partial charge in [-0.2, -0.15) is 0 Å². The first-order valence-corrected chi connectivity index (χ1v) is 11.5. The van der Waals surface area contributed by atoms with E-state index in [0.717, 1.165) is 11.1 Å². The van der Waals surface area contributed by atoms with Crippen LogP contribution in [0.25, 0.3) is 0 Å². The fraction of sp³-hybridized carbons (Fsp3) is 0.385. The van der Waals surface area contributed by atoms with Gasteiger partial charge in [-0.05, 0) is 24.6 Å². The summed E-state index contributed by atoms with van der Waals surface area (Å²) in [4.78, 5) is 27.9. The van der Waals surface area contributed by atoms with E-state index in [1.807, 2.05) is 55.5 Å². The lowest BCUT2D eigenvalue weighted by molar-refractivity contribution is -0.142. The zero-order valence-corrected chi connectivity index (χ0v) is 19.1. The fourth-order valence-electron chi connectivity index (χ4n) is 4.60. The van der Waals surface area contributed by atoms with Crippen LogP contribution in [0.3, 0.4) is 0 Å². The number of amides is 2. The average Bonchev–Trinajstić information content (AvgIpc) is 3.26. The van der Waals surface area contributed by atoms with Gasteiger partial charge >= 0.3 is 0 Å². The van der Waals surface area contributed by atoms with Crippen LogP contribution in [-0.4, -0.2) is 71.5 Å². The second-order valence-corrected chi connectivity index (χ2v) is 8.33. The topological polar surface area (TPSA) is 108 Å². The molecule has 0 spiro atoms. The van der Waals surface area contributed by atoms with Gasteiger partial charge in [-0.1, -0.05) is 48.5 Å². The molecule has 2 amide bonds. The number of nitrogens with zero attached hydrogens (tertiary/aromatic N) is 1. The molecule has 0 fully saturated rings. The van der Waals surface area contributed by atoms with Crippen molar-refractivity contribution in [1.29, 1.82) is 0 Å². The van der Waals surface area contributed by atoms with Gasteiger partial charge in [-0.15, -0.1) is 0 Å². The Balaban J connectivity index is 1.74. The lowest BCUT2D eigenvalue weighted by Crippen LogP contribution is -2.56. The number of hydrogen-bond donors (Lipinski definition) is 3. The number of ether oxygens (including phenoxy) is 2. The van der Waals surface area contributed by atoms with Crippen LogP contribution in [0, 0.1) is 0 Å². The first kappa shape index (κ1) is 23.9. The molecule has 0 bridgehead atoms. The molecule has 1 aliphatic carbocycles. The van der Waals surface area contributed by atoms with Gasteiger partial charge in [0.05, 0.1) is 18.6 Å². The maximum absolute atomic E-state index is 13.2. The molecule has 0 saturated heterocycles. The van der Waals surface area contributed by atoms with Gasteiger partial charge in [0.25, 0.3) is 0 Å². The van der Waals surface area contributed by atoms with Crippen molar-refractivity contribution in [2.45, 2.75) is 37.6 Å². The maximum atomic E-state index is 13.2. The Labute approximate surface area is 198 Å². The van der Waals surface area contributed by atoms with E-state index in [0.29, 0.717) is 17.9 Å². The van der Waals surface area contributed by atoms with Gasteiger partial charge in [-0.3, -0.25) is 9.59 Å². The molecule has 0 radical (unpaired) electrons. The van der Waals surface area contributed by atoms with Crippen molar-refractivity contribution < 1.29 is 29.3 Å². The Morgan fingerprint density at radius 2 is 1.85 bits per heavy atom. The second kappa shape index (κ2) is 10.8. The van der Waals surface area contributed by atoms with Crippen LogP contribution < -0.4 is 10.1 Å². The number of carbonyl (C=O) groups is 2. The molecule has 8 nitrogen and oxygen atoms in total. The second-order valence-electron chi connectivity index (χ2n) is 8.33. The van der Waals surface area contributed by atoms with Crippen molar-refractivity contribution in [2.24, 2.45) is 0 Å². The highest BCUT2D eigenvalue weighted by molar-refractivity contribution is 5.96. The van der Waals surface area contributed by atoms with Crippen LogP contribution in [0.2, 0.25) is 0 Å². The summed E-state index contributed by atoms with van der Waals surface area (Å²) < 4.78 is 11.5. The summed E-state index contributed by atoms with van der Waals surface area (Å²) in [5.41, 5.74) is 2.10. The molecule has 1 aliphatic heterocycles. The Morgan fingerprint density at radius 1 is 1.12 bits per heavy atom. The first-order chi connectivity index (χ1) is 16.5. The molecule has 0 unspecified atom stereocenters. The predicted molar refractivity (Wildman–Crippen MR) is 125 cm³/mol. The summed E-state index contributed by atoms with van der Waals surface area (Å²) in [6.07, 6.45) is -0.141. The zero-order chi connectivity index (χ0) is 24.1. The number of rotatable bonds is 9. The van der Waals surface area contributed by atoms with E-state index in [-0.39, 0.29) is 38.1 Å². The summed E-state index contributed by atoms with van der Waals surface area (Å²) in [5.74, 6) is -0.539. The standard InChI is InChI=1S/C26H30N2O6/c1-2-33-16-22(30)28(15-17-8-4-3-5-9-17)20-14-19(26(32)27-12-13-29)23-18-10-6-7-11-21(18)34-25(23)24(20)31/h3-11,14,20,23-25,29,31H,2,12-13,15-16H2,1H3,(H,27,32)/t20-,23+,24+,25+/m1/s1. The Bertz CT molecular complexity index is 1040. The number of benzene rings is 2. The largest absolute Gasteiger partial charge is 0.486 e. The van der Waals surface area contributed by atoms with E-state index < -0.39 is 24.2 Å². The quantitative estimate of drug-likeness (QED) is 0.515. The summed E-state index contributed by atoms with van der Waals surface area (Å²) >= 11 is 0. The molecule has 1 heterocycles. The van der Waals surface area contributed by atoms with E-state index in [1.165, 1.54) is 4.90 Å². The number of aliphatic hydroxyl groups excluding tert-OH is 2. The van der Waals surface area contributed by atoms with E-state index in [4.69, 9.17) is 9.47 Å². The van der Waals surface area contributed by atoms with E-state index >= 15 is 0 Å². The lowest BCUT2D eigenvalue weighted by atomic mass is 9.77. The van der Waals surface area contributed by atoms with Gasteiger partial charge in [0.2, 0.25) is 11.8 Å². The molecular weight excluding hydrogens is 436 g/mol. The van der Waals surface area contributed by atoms with Gasteiger partial charge in [0.1, 0.15) is 24.6 Å². The van der Waals surface area contributed by atoms with Crippen molar-refractivity contribution >= 4 is 11.8 Å². The zero-order valence-electron chi connectivity index (χ0n) is 19.1. The molecule has 0 aromatic heterocycles. The minimum Gasteiger partial charge on any atom is -0.486 e. The van der Waals surface area contributed by atoms with Crippen molar-refractivity contribution in [2.75, 3.05) is 26.4 Å². The molecule has 8 heteroatoms. The van der Waals surface area contributed by atoms with Gasteiger partial charge < -0.3 is 29.9 Å². The van der Waals surface area contributed by atoms with E-state index in [9.17, 15) is 19.8 Å². The third-order valence-electron chi connectivity index (χ3n) is 6.18. The van der Waals surface area contributed by atoms with Crippen LogP contribution in [0.4, 0.5) is 0 Å². The number of fused-ring (bicyclic) bond motifs is 3. The Hall–Kier alpha value is -3.20. The van der Waals surface area contributed by atoms with Crippen molar-refractivity contribution in [3.8, 4) is 5.75 Å². The van der Waals surface area contributed by atoms with Crippen LogP contribution in [0.5, 0.6) is 5.75 Å². The van der Waals surface area contributed by atoms with Crippen molar-refractivity contribution in [3.05, 3.63) is 77.4 Å². The molecule has 2 aliphatic rings. The summed E-state index contributed by atoms with van der Waals surface area (Å²) in [6, 6.07) is 16.0. The van der Waals surface area contributed by atoms with Crippen LogP contribution in [0.1, 0.15) is 24.0 Å². The van der Waals surface area contributed by atoms with Gasteiger partial charge in [0.15, 0.2) is 0 Å². The maximum Gasteiger partial charge on any atom is 0.249 e. The smallest absolute Gasteiger partial charge is 0.249 e. The molecule has 0 saturated carbocycles. The molecule has 4 atom stereocenters. The fourth-order valence-corrected chi connectivity index (χ4v) is 4.60. The van der Waals surface area contributed by atoms with Crippen molar-refractivity contribution in [3.63, 3.8) is 0 Å². The Kier molecular flexibility index (Phi) is 7.62. The number of nitrogens with one attached hydrogen (secondary N) is 1. The van der Waals surface area contributed by atoms with Gasteiger partial charge in [0, 0.05) is 30.8 Å². The predicted octanol–water partition coefficient (Wildman–Crippen LogP) is 1.37. The highest BCUT2D eigenvalue weighted by Gasteiger charge is 2.50. The minimum absolute atomic E-state index is 0.0975. The number of para-hydroxylation sites is 1. The highest BCUT2D eigenvalue weighted by Crippen LogP contribution is 2.47. The Morgan fingerprint density at radius 3 is 2.59 bits per heavy atom. The monoisotopic (exact) mass is 466 g/mol. The minimum atomic E-state index is -1.07. The molecule has 2 aromatic carbocycles. The number of carbonyl (C=O) groups excluding carboxylic acids is 2. The van der Waals surface area contributed by atoms with Crippen LogP contribution >= 0.6 is 0 Å². The van der Waals surface area contributed by atoms with Crippen LogP contribution in [0.15, 0.2) is 66.2 Å². The number of hydrogen-bond acceptors (Lipinski definition) is 6. The summed E-state index contributed by atoms with van der Waals surface area (Å²) in [6.45, 7) is 2.19.